The zero-order chi connectivity index (χ0) is 11.7. The summed E-state index contributed by atoms with van der Waals surface area (Å²) < 4.78 is 0. The molecule has 1 aliphatic rings. The van der Waals surface area contributed by atoms with E-state index in [2.05, 4.69) is 30.4 Å². The third-order valence-electron chi connectivity index (χ3n) is 3.20. The molecule has 86 valence electrons. The van der Waals surface area contributed by atoms with E-state index in [1.807, 2.05) is 0 Å². The lowest BCUT2D eigenvalue weighted by molar-refractivity contribution is -0.139. The summed E-state index contributed by atoms with van der Waals surface area (Å²) in [5, 5.41) is 12.0. The van der Waals surface area contributed by atoms with Crippen molar-refractivity contribution in [3.63, 3.8) is 0 Å². The van der Waals surface area contributed by atoms with Gasteiger partial charge in [0.1, 0.15) is 6.04 Å². The molecule has 0 bridgehead atoms. The van der Waals surface area contributed by atoms with Crippen LogP contribution >= 0.6 is 0 Å². The van der Waals surface area contributed by atoms with Gasteiger partial charge in [0.25, 0.3) is 0 Å². The summed E-state index contributed by atoms with van der Waals surface area (Å²) in [5.74, 6) is -0.791. The highest BCUT2D eigenvalue weighted by molar-refractivity contribution is 5.73. The standard InChI is InChI=1S/C13H17NO2/c1-8-3-4-10-5-6-12(11(10)7-8)14-9(2)13(15)16/h3-4,7,9,12,14H,5-6H2,1-2H3,(H,15,16). The Morgan fingerprint density at radius 1 is 1.56 bits per heavy atom. The van der Waals surface area contributed by atoms with Crippen LogP contribution in [0.4, 0.5) is 0 Å². The molecule has 2 unspecified atom stereocenters. The molecule has 0 saturated heterocycles. The average Bonchev–Trinajstić information content (AvgIpc) is 2.61. The quantitative estimate of drug-likeness (QED) is 0.818. The molecule has 1 aromatic carbocycles. The van der Waals surface area contributed by atoms with Gasteiger partial charge in [0.2, 0.25) is 0 Å². The number of hydrogen-bond acceptors (Lipinski definition) is 2. The Labute approximate surface area is 95.5 Å². The third kappa shape index (κ3) is 2.09. The number of aliphatic carboxylic acids is 1. The Bertz CT molecular complexity index is 414. The molecule has 2 N–H and O–H groups in total. The minimum Gasteiger partial charge on any atom is -0.480 e. The van der Waals surface area contributed by atoms with Crippen molar-refractivity contribution in [3.8, 4) is 0 Å². The second-order valence-electron chi connectivity index (χ2n) is 4.52. The SMILES string of the molecule is Cc1ccc2c(c1)C(NC(C)C(=O)O)CC2. The molecule has 2 rings (SSSR count). The molecule has 16 heavy (non-hydrogen) atoms. The van der Waals surface area contributed by atoms with Crippen LogP contribution in [-0.4, -0.2) is 17.1 Å². The van der Waals surface area contributed by atoms with Crippen molar-refractivity contribution < 1.29 is 9.90 Å². The fourth-order valence-corrected chi connectivity index (χ4v) is 2.27. The predicted molar refractivity (Wildman–Crippen MR) is 62.5 cm³/mol. The average molecular weight is 219 g/mol. The maximum absolute atomic E-state index is 10.8. The third-order valence-corrected chi connectivity index (χ3v) is 3.20. The number of carbonyl (C=O) groups is 1. The van der Waals surface area contributed by atoms with Crippen LogP contribution in [-0.2, 0) is 11.2 Å². The second-order valence-corrected chi connectivity index (χ2v) is 4.52. The summed E-state index contributed by atoms with van der Waals surface area (Å²) in [6.07, 6.45) is 2.04. The molecule has 1 aliphatic carbocycles. The van der Waals surface area contributed by atoms with Crippen LogP contribution in [0.2, 0.25) is 0 Å². The van der Waals surface area contributed by atoms with Gasteiger partial charge < -0.3 is 5.11 Å². The van der Waals surface area contributed by atoms with Crippen LogP contribution in [0.5, 0.6) is 0 Å². The summed E-state index contributed by atoms with van der Waals surface area (Å²) >= 11 is 0. The van der Waals surface area contributed by atoms with Gasteiger partial charge in [-0.25, -0.2) is 0 Å². The van der Waals surface area contributed by atoms with Gasteiger partial charge in [-0.1, -0.05) is 23.8 Å². The van der Waals surface area contributed by atoms with Gasteiger partial charge in [0.15, 0.2) is 0 Å². The number of nitrogens with one attached hydrogen (secondary N) is 1. The molecule has 3 heteroatoms. The van der Waals surface area contributed by atoms with Crippen LogP contribution in [0.1, 0.15) is 36.1 Å². The first-order chi connectivity index (χ1) is 7.58. The Morgan fingerprint density at radius 2 is 2.31 bits per heavy atom. The van der Waals surface area contributed by atoms with Crippen molar-refractivity contribution in [2.75, 3.05) is 0 Å². The molecule has 0 fully saturated rings. The predicted octanol–water partition coefficient (Wildman–Crippen LogP) is 2.05. The second kappa shape index (κ2) is 4.26. The molecule has 1 aromatic rings. The van der Waals surface area contributed by atoms with Gasteiger partial charge in [-0.15, -0.1) is 0 Å². The number of aryl methyl sites for hydroxylation is 2. The van der Waals surface area contributed by atoms with Gasteiger partial charge >= 0.3 is 5.97 Å². The highest BCUT2D eigenvalue weighted by Gasteiger charge is 2.25. The highest BCUT2D eigenvalue weighted by Crippen LogP contribution is 2.31. The molecule has 0 saturated carbocycles. The lowest BCUT2D eigenvalue weighted by Crippen LogP contribution is -2.35. The fraction of sp³-hybridized carbons (Fsp3) is 0.462. The van der Waals surface area contributed by atoms with E-state index < -0.39 is 12.0 Å². The molecule has 3 nitrogen and oxygen atoms in total. The zero-order valence-electron chi connectivity index (χ0n) is 9.66. The summed E-state index contributed by atoms with van der Waals surface area (Å²) in [7, 11) is 0. The Morgan fingerprint density at radius 3 is 3.00 bits per heavy atom. The summed E-state index contributed by atoms with van der Waals surface area (Å²) in [4.78, 5) is 10.8. The van der Waals surface area contributed by atoms with Gasteiger partial charge in [-0.3, -0.25) is 10.1 Å². The molecule has 0 aromatic heterocycles. The highest BCUT2D eigenvalue weighted by atomic mass is 16.4. The van der Waals surface area contributed by atoms with Crippen LogP contribution in [0.25, 0.3) is 0 Å². The zero-order valence-corrected chi connectivity index (χ0v) is 9.66. The molecule has 0 aliphatic heterocycles. The van der Waals surface area contributed by atoms with E-state index in [0.717, 1.165) is 12.8 Å². The van der Waals surface area contributed by atoms with Gasteiger partial charge in [0.05, 0.1) is 0 Å². The number of carboxylic acid groups (broad SMARTS) is 1. The van der Waals surface area contributed by atoms with Crippen LogP contribution in [0.15, 0.2) is 18.2 Å². The lowest BCUT2D eigenvalue weighted by Gasteiger charge is -2.17. The van der Waals surface area contributed by atoms with Gasteiger partial charge in [0, 0.05) is 6.04 Å². The van der Waals surface area contributed by atoms with E-state index in [1.54, 1.807) is 6.92 Å². The van der Waals surface area contributed by atoms with Crippen molar-refractivity contribution in [2.45, 2.75) is 38.8 Å². The van der Waals surface area contributed by atoms with E-state index in [9.17, 15) is 4.79 Å². The number of rotatable bonds is 3. The topological polar surface area (TPSA) is 49.3 Å². The summed E-state index contributed by atoms with van der Waals surface area (Å²) in [6, 6.07) is 6.13. The van der Waals surface area contributed by atoms with Crippen LogP contribution < -0.4 is 5.32 Å². The monoisotopic (exact) mass is 219 g/mol. The van der Waals surface area contributed by atoms with E-state index in [0.29, 0.717) is 0 Å². The van der Waals surface area contributed by atoms with Crippen LogP contribution in [0, 0.1) is 6.92 Å². The number of fused-ring (bicyclic) bond motifs is 1. The smallest absolute Gasteiger partial charge is 0.320 e. The van der Waals surface area contributed by atoms with Gasteiger partial charge in [-0.2, -0.15) is 0 Å². The molecular weight excluding hydrogens is 202 g/mol. The van der Waals surface area contributed by atoms with Crippen molar-refractivity contribution in [1.82, 2.24) is 5.32 Å². The van der Waals surface area contributed by atoms with Crippen molar-refractivity contribution in [2.24, 2.45) is 0 Å². The van der Waals surface area contributed by atoms with E-state index in [1.165, 1.54) is 16.7 Å². The molecule has 0 spiro atoms. The minimum atomic E-state index is -0.791. The molecule has 0 heterocycles. The Kier molecular flexibility index (Phi) is 2.97. The number of carboxylic acids is 1. The van der Waals surface area contributed by atoms with E-state index >= 15 is 0 Å². The minimum absolute atomic E-state index is 0.195. The summed E-state index contributed by atoms with van der Waals surface area (Å²) in [6.45, 7) is 3.76. The number of benzene rings is 1. The first-order valence-electron chi connectivity index (χ1n) is 5.66. The van der Waals surface area contributed by atoms with Gasteiger partial charge in [-0.05, 0) is 37.8 Å². The first-order valence-corrected chi connectivity index (χ1v) is 5.66. The lowest BCUT2D eigenvalue weighted by atomic mass is 10.0. The van der Waals surface area contributed by atoms with Crippen molar-refractivity contribution in [1.29, 1.82) is 0 Å². The van der Waals surface area contributed by atoms with E-state index in [-0.39, 0.29) is 6.04 Å². The maximum Gasteiger partial charge on any atom is 0.320 e. The van der Waals surface area contributed by atoms with E-state index in [4.69, 9.17) is 5.11 Å². The maximum atomic E-state index is 10.8. The molecule has 0 amide bonds. The molecular formula is C13H17NO2. The Balaban J connectivity index is 2.17. The summed E-state index contributed by atoms with van der Waals surface area (Å²) in [5.41, 5.74) is 3.85. The first kappa shape index (κ1) is 11.1. The Hall–Kier alpha value is -1.35. The van der Waals surface area contributed by atoms with Crippen molar-refractivity contribution in [3.05, 3.63) is 34.9 Å². The largest absolute Gasteiger partial charge is 0.480 e. The van der Waals surface area contributed by atoms with Crippen molar-refractivity contribution >= 4 is 5.97 Å². The van der Waals surface area contributed by atoms with Crippen LogP contribution in [0.3, 0.4) is 0 Å². The normalized spacial score (nSPS) is 20.5. The molecule has 2 atom stereocenters. The molecule has 0 radical (unpaired) electrons. The number of hydrogen-bond donors (Lipinski definition) is 2. The fourth-order valence-electron chi connectivity index (χ4n) is 2.27.